The molecule has 20 heavy (non-hydrogen) atoms. The van der Waals surface area contributed by atoms with E-state index in [1.54, 1.807) is 0 Å². The Morgan fingerprint density at radius 2 is 1.95 bits per heavy atom. The molecule has 1 aromatic carbocycles. The number of rotatable bonds is 5. The van der Waals surface area contributed by atoms with Crippen LogP contribution in [0.3, 0.4) is 0 Å². The summed E-state index contributed by atoms with van der Waals surface area (Å²) in [5, 5.41) is -0.0163. The lowest BCUT2D eigenvalue weighted by molar-refractivity contribution is 0.292. The minimum absolute atomic E-state index is 0.0163. The summed E-state index contributed by atoms with van der Waals surface area (Å²) in [7, 11) is -3.90. The summed E-state index contributed by atoms with van der Waals surface area (Å²) in [5.74, 6) is -0.333. The first-order chi connectivity index (χ1) is 9.08. The van der Waals surface area contributed by atoms with E-state index in [4.69, 9.17) is 23.2 Å². The van der Waals surface area contributed by atoms with Gasteiger partial charge in [0.2, 0.25) is 10.0 Å². The Hall–Kier alpha value is -0.360. The van der Waals surface area contributed by atoms with E-state index in [2.05, 4.69) is 4.72 Å². The van der Waals surface area contributed by atoms with Crippen LogP contribution in [0.25, 0.3) is 0 Å². The third-order valence-corrected chi connectivity index (χ3v) is 5.09. The SMILES string of the molecule is CC(C)(C)C(CCCl)NS(=O)(=O)c1cc(F)ccc1Cl. The minimum Gasteiger partial charge on any atom is -0.207 e. The summed E-state index contributed by atoms with van der Waals surface area (Å²) in [5.41, 5.74) is -0.318. The first-order valence-electron chi connectivity index (χ1n) is 6.11. The van der Waals surface area contributed by atoms with E-state index in [1.165, 1.54) is 6.07 Å². The van der Waals surface area contributed by atoms with Crippen LogP contribution in [-0.4, -0.2) is 20.3 Å². The Bertz CT molecular complexity index is 570. The number of benzene rings is 1. The van der Waals surface area contributed by atoms with Crippen molar-refractivity contribution < 1.29 is 12.8 Å². The van der Waals surface area contributed by atoms with Gasteiger partial charge < -0.3 is 0 Å². The molecule has 114 valence electrons. The molecule has 0 aromatic heterocycles. The fourth-order valence-electron chi connectivity index (χ4n) is 1.71. The normalized spacial score (nSPS) is 14.3. The van der Waals surface area contributed by atoms with Crippen LogP contribution >= 0.6 is 23.2 Å². The molecule has 0 aliphatic rings. The topological polar surface area (TPSA) is 46.2 Å². The molecule has 0 aliphatic heterocycles. The smallest absolute Gasteiger partial charge is 0.207 e. The maximum atomic E-state index is 13.2. The van der Waals surface area contributed by atoms with Gasteiger partial charge in [-0.3, -0.25) is 0 Å². The Morgan fingerprint density at radius 1 is 1.35 bits per heavy atom. The lowest BCUT2D eigenvalue weighted by Gasteiger charge is -2.30. The lowest BCUT2D eigenvalue weighted by Crippen LogP contribution is -2.44. The van der Waals surface area contributed by atoms with Crippen LogP contribution in [0.4, 0.5) is 4.39 Å². The predicted molar refractivity (Wildman–Crippen MR) is 80.3 cm³/mol. The van der Waals surface area contributed by atoms with Gasteiger partial charge in [0.05, 0.1) is 5.02 Å². The van der Waals surface area contributed by atoms with Gasteiger partial charge in [0, 0.05) is 11.9 Å². The van der Waals surface area contributed by atoms with Crippen LogP contribution in [0.5, 0.6) is 0 Å². The molecule has 3 nitrogen and oxygen atoms in total. The first-order valence-corrected chi connectivity index (χ1v) is 8.51. The largest absolute Gasteiger partial charge is 0.242 e. The molecule has 1 N–H and O–H groups in total. The Morgan fingerprint density at radius 3 is 2.45 bits per heavy atom. The number of sulfonamides is 1. The van der Waals surface area contributed by atoms with Crippen LogP contribution in [0, 0.1) is 11.2 Å². The molecule has 0 saturated carbocycles. The van der Waals surface area contributed by atoms with E-state index in [0.29, 0.717) is 12.3 Å². The Labute approximate surface area is 129 Å². The highest BCUT2D eigenvalue weighted by Gasteiger charge is 2.30. The molecule has 1 atom stereocenters. The molecule has 0 bridgehead atoms. The number of alkyl halides is 1. The second kappa shape index (κ2) is 6.60. The molecule has 0 radical (unpaired) electrons. The van der Waals surface area contributed by atoms with Crippen LogP contribution in [0.15, 0.2) is 23.1 Å². The fourth-order valence-corrected chi connectivity index (χ4v) is 3.92. The van der Waals surface area contributed by atoms with E-state index >= 15 is 0 Å². The van der Waals surface area contributed by atoms with Crippen molar-refractivity contribution in [3.05, 3.63) is 29.0 Å². The summed E-state index contributed by atoms with van der Waals surface area (Å²) in [6, 6.07) is 2.87. The summed E-state index contributed by atoms with van der Waals surface area (Å²) < 4.78 is 40.4. The molecule has 0 aliphatic carbocycles. The van der Waals surface area contributed by atoms with Crippen molar-refractivity contribution in [2.75, 3.05) is 5.88 Å². The van der Waals surface area contributed by atoms with E-state index in [1.807, 2.05) is 20.8 Å². The zero-order valence-electron chi connectivity index (χ0n) is 11.6. The summed E-state index contributed by atoms with van der Waals surface area (Å²) in [6.07, 6.45) is 0.469. The highest BCUT2D eigenvalue weighted by molar-refractivity contribution is 7.89. The van der Waals surface area contributed by atoms with Gasteiger partial charge >= 0.3 is 0 Å². The summed E-state index contributed by atoms with van der Waals surface area (Å²) in [6.45, 7) is 5.71. The van der Waals surface area contributed by atoms with Gasteiger partial charge in [-0.2, -0.15) is 0 Å². The van der Waals surface area contributed by atoms with Gasteiger partial charge in [0.25, 0.3) is 0 Å². The Kier molecular flexibility index (Phi) is 5.84. The molecule has 1 rings (SSSR count). The first kappa shape index (κ1) is 17.7. The van der Waals surface area contributed by atoms with Crippen LogP contribution < -0.4 is 4.72 Å². The number of halogens is 3. The Balaban J connectivity index is 3.13. The molecule has 1 aromatic rings. The average molecular weight is 342 g/mol. The zero-order chi connectivity index (χ0) is 15.6. The van der Waals surface area contributed by atoms with Gasteiger partial charge in [-0.15, -0.1) is 11.6 Å². The van der Waals surface area contributed by atoms with Crippen LogP contribution in [-0.2, 0) is 10.0 Å². The quantitative estimate of drug-likeness (QED) is 0.828. The molecule has 0 heterocycles. The van der Waals surface area contributed by atoms with E-state index in [-0.39, 0.29) is 21.4 Å². The second-order valence-corrected chi connectivity index (χ2v) is 8.06. The summed E-state index contributed by atoms with van der Waals surface area (Å²) >= 11 is 11.6. The van der Waals surface area contributed by atoms with Gasteiger partial charge in [-0.25, -0.2) is 17.5 Å². The maximum absolute atomic E-state index is 13.2. The maximum Gasteiger partial charge on any atom is 0.242 e. The number of nitrogens with one attached hydrogen (secondary N) is 1. The standard InChI is InChI=1S/C13H18Cl2FNO2S/c1-13(2,3)12(6-7-14)17-20(18,19)11-8-9(16)4-5-10(11)15/h4-5,8,12,17H,6-7H2,1-3H3. The van der Waals surface area contributed by atoms with E-state index in [0.717, 1.165) is 12.1 Å². The highest BCUT2D eigenvalue weighted by atomic mass is 35.5. The zero-order valence-corrected chi connectivity index (χ0v) is 13.9. The number of hydrogen-bond acceptors (Lipinski definition) is 2. The van der Waals surface area contributed by atoms with Crippen molar-refractivity contribution in [3.8, 4) is 0 Å². The molecule has 0 fully saturated rings. The van der Waals surface area contributed by atoms with Gasteiger partial charge in [-0.05, 0) is 30.0 Å². The third-order valence-electron chi connectivity index (χ3n) is 2.92. The molecule has 0 amide bonds. The fraction of sp³-hybridized carbons (Fsp3) is 0.538. The van der Waals surface area contributed by atoms with E-state index in [9.17, 15) is 12.8 Å². The average Bonchev–Trinajstić information content (AvgIpc) is 2.30. The molecule has 7 heteroatoms. The van der Waals surface area contributed by atoms with Crippen molar-refractivity contribution in [1.82, 2.24) is 4.72 Å². The van der Waals surface area contributed by atoms with Crippen molar-refractivity contribution in [3.63, 3.8) is 0 Å². The molecule has 1 unspecified atom stereocenters. The van der Waals surface area contributed by atoms with Crippen molar-refractivity contribution in [1.29, 1.82) is 0 Å². The predicted octanol–water partition coefficient (Wildman–Crippen LogP) is 3.80. The molecule has 0 spiro atoms. The van der Waals surface area contributed by atoms with Crippen LogP contribution in [0.2, 0.25) is 5.02 Å². The van der Waals surface area contributed by atoms with Gasteiger partial charge in [0.15, 0.2) is 0 Å². The molecular weight excluding hydrogens is 324 g/mol. The third kappa shape index (κ3) is 4.58. The monoisotopic (exact) mass is 341 g/mol. The highest BCUT2D eigenvalue weighted by Crippen LogP contribution is 2.27. The van der Waals surface area contributed by atoms with Gasteiger partial charge in [0.1, 0.15) is 10.7 Å². The van der Waals surface area contributed by atoms with Crippen molar-refractivity contribution in [2.45, 2.75) is 38.1 Å². The molecular formula is C13H18Cl2FNO2S. The van der Waals surface area contributed by atoms with E-state index < -0.39 is 15.8 Å². The number of hydrogen-bond donors (Lipinski definition) is 1. The second-order valence-electron chi connectivity index (χ2n) is 5.59. The van der Waals surface area contributed by atoms with Crippen LogP contribution in [0.1, 0.15) is 27.2 Å². The summed E-state index contributed by atoms with van der Waals surface area (Å²) in [4.78, 5) is -0.261. The molecule has 0 saturated heterocycles. The van der Waals surface area contributed by atoms with Crippen molar-refractivity contribution >= 4 is 33.2 Å². The minimum atomic E-state index is -3.90. The van der Waals surface area contributed by atoms with Gasteiger partial charge in [-0.1, -0.05) is 32.4 Å². The van der Waals surface area contributed by atoms with Crippen molar-refractivity contribution in [2.24, 2.45) is 5.41 Å². The lowest BCUT2D eigenvalue weighted by atomic mass is 9.86.